The quantitative estimate of drug-likeness (QED) is 0.803. The maximum atomic E-state index is 13.0. The van der Waals surface area contributed by atoms with Crippen LogP contribution >= 0.6 is 11.3 Å². The first-order chi connectivity index (χ1) is 11.0. The van der Waals surface area contributed by atoms with E-state index in [0.29, 0.717) is 24.5 Å². The molecule has 23 heavy (non-hydrogen) atoms. The Kier molecular flexibility index (Phi) is 4.75. The van der Waals surface area contributed by atoms with Crippen molar-refractivity contribution in [2.24, 2.45) is 5.92 Å². The van der Waals surface area contributed by atoms with Gasteiger partial charge in [0, 0.05) is 30.4 Å². The molecule has 2 atom stereocenters. The van der Waals surface area contributed by atoms with Gasteiger partial charge in [0.1, 0.15) is 5.82 Å². The van der Waals surface area contributed by atoms with Crippen LogP contribution < -0.4 is 10.6 Å². The monoisotopic (exact) mass is 334 g/mol. The SMILES string of the molecule is Cc1cc(C(=O)NCC2CNCC2O)sc1-c1ccc(F)cc1. The van der Waals surface area contributed by atoms with Crippen molar-refractivity contribution >= 4 is 17.2 Å². The summed E-state index contributed by atoms with van der Waals surface area (Å²) in [5.41, 5.74) is 1.90. The van der Waals surface area contributed by atoms with Crippen LogP contribution in [0.4, 0.5) is 4.39 Å². The van der Waals surface area contributed by atoms with Gasteiger partial charge in [-0.2, -0.15) is 0 Å². The number of halogens is 1. The van der Waals surface area contributed by atoms with Crippen molar-refractivity contribution in [3.05, 3.63) is 46.6 Å². The van der Waals surface area contributed by atoms with Crippen LogP contribution in [0.1, 0.15) is 15.2 Å². The molecule has 2 unspecified atom stereocenters. The highest BCUT2D eigenvalue weighted by Gasteiger charge is 2.25. The van der Waals surface area contributed by atoms with Crippen molar-refractivity contribution in [1.29, 1.82) is 0 Å². The predicted molar refractivity (Wildman–Crippen MR) is 89.1 cm³/mol. The fraction of sp³-hybridized carbons (Fsp3) is 0.353. The molecule has 3 N–H and O–H groups in total. The van der Waals surface area contributed by atoms with Crippen molar-refractivity contribution in [3.63, 3.8) is 0 Å². The van der Waals surface area contributed by atoms with E-state index >= 15 is 0 Å². The number of benzene rings is 1. The highest BCUT2D eigenvalue weighted by molar-refractivity contribution is 7.17. The summed E-state index contributed by atoms with van der Waals surface area (Å²) in [4.78, 5) is 13.9. The third kappa shape index (κ3) is 3.60. The number of hydrogen-bond acceptors (Lipinski definition) is 4. The molecule has 0 saturated carbocycles. The minimum atomic E-state index is -0.407. The topological polar surface area (TPSA) is 61.4 Å². The smallest absolute Gasteiger partial charge is 0.261 e. The third-order valence-electron chi connectivity index (χ3n) is 4.08. The Hall–Kier alpha value is -1.76. The van der Waals surface area contributed by atoms with Gasteiger partial charge in [0.15, 0.2) is 0 Å². The molecule has 1 saturated heterocycles. The number of aliphatic hydroxyl groups excluding tert-OH is 1. The lowest BCUT2D eigenvalue weighted by Crippen LogP contribution is -2.34. The van der Waals surface area contributed by atoms with E-state index in [0.717, 1.165) is 16.0 Å². The van der Waals surface area contributed by atoms with Gasteiger partial charge in [-0.1, -0.05) is 12.1 Å². The number of hydrogen-bond donors (Lipinski definition) is 3. The van der Waals surface area contributed by atoms with E-state index in [4.69, 9.17) is 0 Å². The van der Waals surface area contributed by atoms with Gasteiger partial charge in [-0.25, -0.2) is 4.39 Å². The molecule has 0 bridgehead atoms. The third-order valence-corrected chi connectivity index (χ3v) is 5.36. The second-order valence-electron chi connectivity index (χ2n) is 5.83. The fourth-order valence-electron chi connectivity index (χ4n) is 2.72. The maximum Gasteiger partial charge on any atom is 0.261 e. The molecule has 1 aromatic carbocycles. The number of β-amino-alcohol motifs (C(OH)–C–C–N with tert-alkyl or cyclic N) is 1. The molecular formula is C17H19FN2O2S. The molecule has 0 spiro atoms. The molecule has 1 aliphatic heterocycles. The average Bonchev–Trinajstić information content (AvgIpc) is 3.12. The van der Waals surface area contributed by atoms with Crippen LogP contribution in [0.25, 0.3) is 10.4 Å². The molecule has 1 fully saturated rings. The molecule has 3 rings (SSSR count). The van der Waals surface area contributed by atoms with Gasteiger partial charge in [-0.3, -0.25) is 4.79 Å². The van der Waals surface area contributed by atoms with E-state index in [9.17, 15) is 14.3 Å². The summed E-state index contributed by atoms with van der Waals surface area (Å²) >= 11 is 1.40. The van der Waals surface area contributed by atoms with E-state index in [-0.39, 0.29) is 17.6 Å². The Balaban J connectivity index is 1.69. The first-order valence-electron chi connectivity index (χ1n) is 7.58. The van der Waals surface area contributed by atoms with E-state index < -0.39 is 6.10 Å². The zero-order chi connectivity index (χ0) is 16.4. The van der Waals surface area contributed by atoms with Crippen molar-refractivity contribution in [3.8, 4) is 10.4 Å². The molecule has 1 aliphatic rings. The summed E-state index contributed by atoms with van der Waals surface area (Å²) in [5.74, 6) is -0.355. The van der Waals surface area contributed by atoms with Gasteiger partial charge in [0.25, 0.3) is 5.91 Å². The highest BCUT2D eigenvalue weighted by atomic mass is 32.1. The van der Waals surface area contributed by atoms with Crippen LogP contribution in [0.2, 0.25) is 0 Å². The number of carbonyl (C=O) groups is 1. The summed E-state index contributed by atoms with van der Waals surface area (Å²) < 4.78 is 13.0. The molecule has 1 aromatic heterocycles. The number of rotatable bonds is 4. The first-order valence-corrected chi connectivity index (χ1v) is 8.39. The molecule has 0 aliphatic carbocycles. The molecular weight excluding hydrogens is 315 g/mol. The zero-order valence-electron chi connectivity index (χ0n) is 12.8. The van der Waals surface area contributed by atoms with E-state index in [1.54, 1.807) is 12.1 Å². The summed E-state index contributed by atoms with van der Waals surface area (Å²) in [6.45, 7) is 3.69. The Morgan fingerprint density at radius 2 is 2.13 bits per heavy atom. The van der Waals surface area contributed by atoms with E-state index in [1.165, 1.54) is 23.5 Å². The number of aryl methyl sites for hydroxylation is 1. The predicted octanol–water partition coefficient (Wildman–Crippen LogP) is 2.17. The molecule has 0 radical (unpaired) electrons. The summed E-state index contributed by atoms with van der Waals surface area (Å²) in [7, 11) is 0. The Morgan fingerprint density at radius 3 is 2.78 bits per heavy atom. The lowest BCUT2D eigenvalue weighted by molar-refractivity contribution is 0.0931. The lowest BCUT2D eigenvalue weighted by Gasteiger charge is -2.13. The Bertz CT molecular complexity index is 699. The first kappa shape index (κ1) is 16.1. The van der Waals surface area contributed by atoms with Crippen LogP contribution in [0.3, 0.4) is 0 Å². The van der Waals surface area contributed by atoms with Crippen LogP contribution in [0, 0.1) is 18.7 Å². The van der Waals surface area contributed by atoms with Crippen molar-refractivity contribution in [2.75, 3.05) is 19.6 Å². The summed E-state index contributed by atoms with van der Waals surface area (Å²) in [6.07, 6.45) is -0.407. The van der Waals surface area contributed by atoms with E-state index in [1.807, 2.05) is 13.0 Å². The van der Waals surface area contributed by atoms with Crippen LogP contribution in [-0.4, -0.2) is 36.8 Å². The molecule has 4 nitrogen and oxygen atoms in total. The molecule has 2 heterocycles. The highest BCUT2D eigenvalue weighted by Crippen LogP contribution is 2.32. The van der Waals surface area contributed by atoms with Gasteiger partial charge >= 0.3 is 0 Å². The van der Waals surface area contributed by atoms with Gasteiger partial charge in [0.05, 0.1) is 11.0 Å². The minimum Gasteiger partial charge on any atom is -0.391 e. The zero-order valence-corrected chi connectivity index (χ0v) is 13.6. The standard InChI is InChI=1S/C17H19FN2O2S/c1-10-6-15(17(22)20-8-12-7-19-9-14(12)21)23-16(10)11-2-4-13(18)5-3-11/h2-6,12,14,19,21H,7-9H2,1H3,(H,20,22). The largest absolute Gasteiger partial charge is 0.391 e. The van der Waals surface area contributed by atoms with Gasteiger partial charge in [-0.15, -0.1) is 11.3 Å². The molecule has 6 heteroatoms. The van der Waals surface area contributed by atoms with Crippen LogP contribution in [0.5, 0.6) is 0 Å². The number of carbonyl (C=O) groups excluding carboxylic acids is 1. The number of nitrogens with one attached hydrogen (secondary N) is 2. The second-order valence-corrected chi connectivity index (χ2v) is 6.88. The second kappa shape index (κ2) is 6.78. The summed E-state index contributed by atoms with van der Waals surface area (Å²) in [6, 6.07) is 8.13. The lowest BCUT2D eigenvalue weighted by atomic mass is 10.1. The summed E-state index contributed by atoms with van der Waals surface area (Å²) in [5, 5.41) is 15.7. The molecule has 2 aromatic rings. The van der Waals surface area contributed by atoms with Crippen LogP contribution in [0.15, 0.2) is 30.3 Å². The van der Waals surface area contributed by atoms with Crippen LogP contribution in [-0.2, 0) is 0 Å². The van der Waals surface area contributed by atoms with Gasteiger partial charge in [-0.05, 0) is 36.2 Å². The van der Waals surface area contributed by atoms with Crippen molar-refractivity contribution in [2.45, 2.75) is 13.0 Å². The molecule has 1 amide bonds. The maximum absolute atomic E-state index is 13.0. The van der Waals surface area contributed by atoms with Gasteiger partial charge in [0.2, 0.25) is 0 Å². The number of aliphatic hydroxyl groups is 1. The fourth-order valence-corrected chi connectivity index (χ4v) is 3.81. The average molecular weight is 334 g/mol. The Morgan fingerprint density at radius 1 is 1.39 bits per heavy atom. The van der Waals surface area contributed by atoms with Gasteiger partial charge < -0.3 is 15.7 Å². The number of amides is 1. The van der Waals surface area contributed by atoms with E-state index in [2.05, 4.69) is 10.6 Å². The number of thiophene rings is 1. The molecule has 122 valence electrons. The Labute approximate surface area is 138 Å². The van der Waals surface area contributed by atoms with Crippen molar-refractivity contribution < 1.29 is 14.3 Å². The van der Waals surface area contributed by atoms with Crippen molar-refractivity contribution in [1.82, 2.24) is 10.6 Å². The minimum absolute atomic E-state index is 0.0524. The normalized spacial score (nSPS) is 20.7.